The van der Waals surface area contributed by atoms with Gasteiger partial charge in [-0.2, -0.15) is 5.10 Å². The Bertz CT molecular complexity index is 442. The first kappa shape index (κ1) is 16.2. The van der Waals surface area contributed by atoms with Crippen molar-refractivity contribution in [1.82, 2.24) is 14.7 Å². The molecule has 0 aliphatic heterocycles. The van der Waals surface area contributed by atoms with Crippen LogP contribution in [0.5, 0.6) is 0 Å². The number of nitrogens with two attached hydrogens (primary N) is 1. The van der Waals surface area contributed by atoms with Crippen LogP contribution >= 0.6 is 15.9 Å². The molecule has 0 aromatic carbocycles. The van der Waals surface area contributed by atoms with Gasteiger partial charge in [-0.15, -0.1) is 0 Å². The first-order valence-corrected chi connectivity index (χ1v) is 7.35. The molecule has 19 heavy (non-hydrogen) atoms. The lowest BCUT2D eigenvalue weighted by atomic mass is 10.2. The molecule has 1 aromatic rings. The van der Waals surface area contributed by atoms with Crippen molar-refractivity contribution >= 4 is 21.8 Å². The monoisotopic (exact) mass is 330 g/mol. The van der Waals surface area contributed by atoms with E-state index < -0.39 is 0 Å². The highest BCUT2D eigenvalue weighted by atomic mass is 79.9. The van der Waals surface area contributed by atoms with E-state index in [0.29, 0.717) is 12.5 Å². The lowest BCUT2D eigenvalue weighted by molar-refractivity contribution is -0.119. The van der Waals surface area contributed by atoms with Gasteiger partial charge in [0.25, 0.3) is 0 Å². The van der Waals surface area contributed by atoms with Gasteiger partial charge < -0.3 is 5.73 Å². The largest absolute Gasteiger partial charge is 0.369 e. The summed E-state index contributed by atoms with van der Waals surface area (Å²) in [6.07, 6.45) is 0.883. The summed E-state index contributed by atoms with van der Waals surface area (Å²) >= 11 is 3.60. The summed E-state index contributed by atoms with van der Waals surface area (Å²) in [5, 5.41) is 4.47. The van der Waals surface area contributed by atoms with E-state index in [1.165, 1.54) is 0 Å². The van der Waals surface area contributed by atoms with Gasteiger partial charge in [-0.05, 0) is 28.3 Å². The summed E-state index contributed by atoms with van der Waals surface area (Å²) in [7, 11) is 1.93. The molecule has 0 spiro atoms. The van der Waals surface area contributed by atoms with Crippen LogP contribution in [0.3, 0.4) is 0 Å². The van der Waals surface area contributed by atoms with Crippen LogP contribution in [-0.2, 0) is 24.8 Å². The molecule has 6 heteroatoms. The Kier molecular flexibility index (Phi) is 6.00. The molecule has 0 fully saturated rings. The zero-order valence-electron chi connectivity index (χ0n) is 12.1. The highest BCUT2D eigenvalue weighted by Gasteiger charge is 2.17. The van der Waals surface area contributed by atoms with Gasteiger partial charge in [0.05, 0.1) is 22.4 Å². The molecule has 0 atom stereocenters. The number of aryl methyl sites for hydroxylation is 2. The predicted octanol–water partition coefficient (Wildman–Crippen LogP) is 1.69. The number of aromatic nitrogens is 2. The second kappa shape index (κ2) is 7.05. The zero-order chi connectivity index (χ0) is 14.6. The molecule has 5 nitrogen and oxygen atoms in total. The molecule has 0 radical (unpaired) electrons. The smallest absolute Gasteiger partial charge is 0.231 e. The predicted molar refractivity (Wildman–Crippen MR) is 79.6 cm³/mol. The second-order valence-corrected chi connectivity index (χ2v) is 6.01. The van der Waals surface area contributed by atoms with E-state index >= 15 is 0 Å². The Morgan fingerprint density at radius 3 is 2.58 bits per heavy atom. The number of amides is 1. The molecule has 2 N–H and O–H groups in total. The van der Waals surface area contributed by atoms with Gasteiger partial charge in [0.15, 0.2) is 0 Å². The van der Waals surface area contributed by atoms with Crippen molar-refractivity contribution in [2.45, 2.75) is 33.7 Å². The van der Waals surface area contributed by atoms with Crippen LogP contribution in [0.25, 0.3) is 0 Å². The third-order valence-corrected chi connectivity index (χ3v) is 3.79. The summed E-state index contributed by atoms with van der Waals surface area (Å²) in [5.74, 6) is 0.187. The number of rotatable bonds is 7. The third-order valence-electron chi connectivity index (χ3n) is 2.88. The molecule has 0 unspecified atom stereocenters. The van der Waals surface area contributed by atoms with Crippen molar-refractivity contribution in [2.75, 3.05) is 13.1 Å². The SMILES string of the molecule is CCc1nn(C)c(CN(CC(N)=O)CC(C)C)c1Br. The minimum atomic E-state index is -0.297. The molecule has 108 valence electrons. The quantitative estimate of drug-likeness (QED) is 0.827. The average Bonchev–Trinajstić information content (AvgIpc) is 2.54. The normalized spacial score (nSPS) is 11.5. The lowest BCUT2D eigenvalue weighted by Gasteiger charge is -2.22. The van der Waals surface area contributed by atoms with Gasteiger partial charge in [0.1, 0.15) is 0 Å². The summed E-state index contributed by atoms with van der Waals surface area (Å²) < 4.78 is 2.91. The van der Waals surface area contributed by atoms with Gasteiger partial charge in [-0.1, -0.05) is 20.8 Å². The highest BCUT2D eigenvalue weighted by molar-refractivity contribution is 9.10. The van der Waals surface area contributed by atoms with Crippen molar-refractivity contribution in [3.8, 4) is 0 Å². The summed E-state index contributed by atoms with van der Waals surface area (Å²) in [4.78, 5) is 13.2. The Morgan fingerprint density at radius 1 is 1.53 bits per heavy atom. The van der Waals surface area contributed by atoms with Crippen LogP contribution in [0.4, 0.5) is 0 Å². The molecule has 1 amide bonds. The Labute approximate surface area is 123 Å². The van der Waals surface area contributed by atoms with E-state index in [0.717, 1.165) is 28.8 Å². The first-order chi connectivity index (χ1) is 8.85. The van der Waals surface area contributed by atoms with Crippen LogP contribution in [-0.4, -0.2) is 33.7 Å². The standard InChI is InChI=1S/C13H23BrN4O/c1-5-10-13(14)11(17(4)16-10)7-18(6-9(2)3)8-12(15)19/h9H,5-8H2,1-4H3,(H2,15,19). The number of halogens is 1. The maximum absolute atomic E-state index is 11.2. The summed E-state index contributed by atoms with van der Waals surface area (Å²) in [5.41, 5.74) is 7.44. The molecule has 1 aromatic heterocycles. The van der Waals surface area contributed by atoms with Gasteiger partial charge >= 0.3 is 0 Å². The molecule has 1 rings (SSSR count). The third kappa shape index (κ3) is 4.62. The Hall–Kier alpha value is -0.880. The van der Waals surface area contributed by atoms with E-state index in [1.54, 1.807) is 0 Å². The van der Waals surface area contributed by atoms with Crippen molar-refractivity contribution in [3.05, 3.63) is 15.9 Å². The van der Waals surface area contributed by atoms with E-state index in [4.69, 9.17) is 5.73 Å². The topological polar surface area (TPSA) is 64.2 Å². The number of nitrogens with zero attached hydrogens (tertiary/aromatic N) is 3. The first-order valence-electron chi connectivity index (χ1n) is 6.56. The van der Waals surface area contributed by atoms with Gasteiger partial charge in [0.2, 0.25) is 5.91 Å². The lowest BCUT2D eigenvalue weighted by Crippen LogP contribution is -2.36. The van der Waals surface area contributed by atoms with Crippen molar-refractivity contribution < 1.29 is 4.79 Å². The fourth-order valence-corrected chi connectivity index (χ4v) is 2.87. The maximum Gasteiger partial charge on any atom is 0.231 e. The van der Waals surface area contributed by atoms with E-state index in [2.05, 4.69) is 46.7 Å². The number of primary amides is 1. The van der Waals surface area contributed by atoms with Crippen LogP contribution in [0.15, 0.2) is 4.47 Å². The fraction of sp³-hybridized carbons (Fsp3) is 0.692. The van der Waals surface area contributed by atoms with Gasteiger partial charge in [0, 0.05) is 20.1 Å². The average molecular weight is 331 g/mol. The van der Waals surface area contributed by atoms with Gasteiger partial charge in [-0.3, -0.25) is 14.4 Å². The fourth-order valence-electron chi connectivity index (χ4n) is 2.13. The molecule has 0 aliphatic rings. The second-order valence-electron chi connectivity index (χ2n) is 5.21. The number of carbonyl (C=O) groups excluding carboxylic acids is 1. The van der Waals surface area contributed by atoms with Crippen molar-refractivity contribution in [2.24, 2.45) is 18.7 Å². The summed E-state index contributed by atoms with van der Waals surface area (Å²) in [6, 6.07) is 0. The number of hydrogen-bond acceptors (Lipinski definition) is 3. The van der Waals surface area contributed by atoms with Gasteiger partial charge in [-0.25, -0.2) is 0 Å². The molecule has 0 saturated carbocycles. The van der Waals surface area contributed by atoms with Crippen molar-refractivity contribution in [1.29, 1.82) is 0 Å². The Morgan fingerprint density at radius 2 is 2.16 bits per heavy atom. The van der Waals surface area contributed by atoms with Crippen LogP contribution in [0, 0.1) is 5.92 Å². The zero-order valence-corrected chi connectivity index (χ0v) is 13.7. The van der Waals surface area contributed by atoms with Crippen LogP contribution in [0.2, 0.25) is 0 Å². The molecular formula is C13H23BrN4O. The molecule has 0 aliphatic carbocycles. The number of carbonyl (C=O) groups is 1. The van der Waals surface area contributed by atoms with E-state index in [-0.39, 0.29) is 12.5 Å². The van der Waals surface area contributed by atoms with E-state index in [9.17, 15) is 4.79 Å². The van der Waals surface area contributed by atoms with Crippen LogP contribution in [0.1, 0.15) is 32.2 Å². The minimum Gasteiger partial charge on any atom is -0.369 e. The van der Waals surface area contributed by atoms with E-state index in [1.807, 2.05) is 11.7 Å². The molecular weight excluding hydrogens is 308 g/mol. The Balaban J connectivity index is 2.89. The molecule has 1 heterocycles. The minimum absolute atomic E-state index is 0.275. The number of hydrogen-bond donors (Lipinski definition) is 1. The maximum atomic E-state index is 11.2. The molecule has 0 bridgehead atoms. The highest BCUT2D eigenvalue weighted by Crippen LogP contribution is 2.23. The van der Waals surface area contributed by atoms with Crippen LogP contribution < -0.4 is 5.73 Å². The molecule has 0 saturated heterocycles. The summed E-state index contributed by atoms with van der Waals surface area (Å²) in [6.45, 7) is 8.12. The van der Waals surface area contributed by atoms with Crippen molar-refractivity contribution in [3.63, 3.8) is 0 Å².